The fourth-order valence-corrected chi connectivity index (χ4v) is 2.32. The predicted molar refractivity (Wildman–Crippen MR) is 59.8 cm³/mol. The maximum atomic E-state index is 12.8. The van der Waals surface area contributed by atoms with Gasteiger partial charge in [-0.1, -0.05) is 29.0 Å². The van der Waals surface area contributed by atoms with Crippen molar-refractivity contribution in [3.05, 3.63) is 28.8 Å². The van der Waals surface area contributed by atoms with Gasteiger partial charge in [0, 0.05) is 5.56 Å². The van der Waals surface area contributed by atoms with E-state index in [2.05, 4.69) is 10.2 Å². The van der Waals surface area contributed by atoms with Gasteiger partial charge >= 0.3 is 6.18 Å². The molecule has 0 aliphatic rings. The van der Waals surface area contributed by atoms with Gasteiger partial charge in [0.05, 0.1) is 10.6 Å². The van der Waals surface area contributed by atoms with Crippen molar-refractivity contribution in [2.45, 2.75) is 6.18 Å². The number of rotatable bonds is 1. The van der Waals surface area contributed by atoms with Gasteiger partial charge in [-0.15, -0.1) is 10.2 Å². The molecular weight excluding hydrogens is 275 g/mol. The van der Waals surface area contributed by atoms with E-state index in [9.17, 15) is 13.2 Å². The monoisotopic (exact) mass is 279 g/mol. The molecule has 0 bridgehead atoms. The third-order valence-corrected chi connectivity index (χ3v) is 3.06. The molecule has 17 heavy (non-hydrogen) atoms. The molecule has 0 fully saturated rings. The number of nitrogens with zero attached hydrogens (tertiary/aromatic N) is 2. The fraction of sp³-hybridized carbons (Fsp3) is 0.111. The highest BCUT2D eigenvalue weighted by Crippen LogP contribution is 2.41. The zero-order valence-corrected chi connectivity index (χ0v) is 9.70. The number of anilines is 1. The number of nitrogens with two attached hydrogens (primary N) is 1. The molecule has 1 aromatic carbocycles. The third-order valence-electron chi connectivity index (χ3n) is 1.97. The van der Waals surface area contributed by atoms with E-state index in [1.165, 1.54) is 12.1 Å². The molecule has 8 heteroatoms. The molecule has 0 aliphatic heterocycles. The average Bonchev–Trinajstić information content (AvgIpc) is 2.63. The molecule has 0 unspecified atom stereocenters. The Kier molecular flexibility index (Phi) is 2.96. The molecule has 0 spiro atoms. The van der Waals surface area contributed by atoms with Crippen molar-refractivity contribution in [1.29, 1.82) is 0 Å². The van der Waals surface area contributed by atoms with Crippen molar-refractivity contribution in [2.75, 3.05) is 5.73 Å². The van der Waals surface area contributed by atoms with Crippen LogP contribution in [0.25, 0.3) is 10.6 Å². The number of aromatic nitrogens is 2. The van der Waals surface area contributed by atoms with Gasteiger partial charge in [-0.3, -0.25) is 0 Å². The van der Waals surface area contributed by atoms with Crippen molar-refractivity contribution >= 4 is 28.1 Å². The van der Waals surface area contributed by atoms with Gasteiger partial charge in [0.15, 0.2) is 5.01 Å². The van der Waals surface area contributed by atoms with Crippen LogP contribution in [-0.2, 0) is 6.18 Å². The molecule has 2 aromatic rings. The minimum absolute atomic E-state index is 0.0315. The lowest BCUT2D eigenvalue weighted by molar-refractivity contribution is -0.137. The Hall–Kier alpha value is -1.34. The first-order chi connectivity index (χ1) is 7.89. The van der Waals surface area contributed by atoms with Crippen molar-refractivity contribution in [3.63, 3.8) is 0 Å². The molecule has 3 nitrogen and oxygen atoms in total. The van der Waals surface area contributed by atoms with E-state index < -0.39 is 11.7 Å². The topological polar surface area (TPSA) is 51.8 Å². The lowest BCUT2D eigenvalue weighted by atomic mass is 10.1. The highest BCUT2D eigenvalue weighted by Gasteiger charge is 2.35. The summed E-state index contributed by atoms with van der Waals surface area (Å²) < 4.78 is 38.4. The largest absolute Gasteiger partial charge is 0.417 e. The van der Waals surface area contributed by atoms with Crippen LogP contribution in [0.3, 0.4) is 0 Å². The molecule has 2 N–H and O–H groups in total. The Morgan fingerprint density at radius 1 is 1.24 bits per heavy atom. The number of alkyl halides is 3. The summed E-state index contributed by atoms with van der Waals surface area (Å²) in [6.07, 6.45) is -4.50. The van der Waals surface area contributed by atoms with Crippen molar-refractivity contribution in [3.8, 4) is 10.6 Å². The molecule has 0 amide bonds. The third kappa shape index (κ3) is 2.34. The van der Waals surface area contributed by atoms with Gasteiger partial charge in [0.2, 0.25) is 5.13 Å². The average molecular weight is 280 g/mol. The van der Waals surface area contributed by atoms with E-state index in [1.54, 1.807) is 0 Å². The maximum Gasteiger partial charge on any atom is 0.417 e. The van der Waals surface area contributed by atoms with Crippen LogP contribution in [0.1, 0.15) is 5.56 Å². The van der Waals surface area contributed by atoms with E-state index in [-0.39, 0.29) is 20.7 Å². The first-order valence-corrected chi connectivity index (χ1v) is 5.54. The Balaban J connectivity index is 2.67. The van der Waals surface area contributed by atoms with Crippen LogP contribution in [0.5, 0.6) is 0 Å². The molecule has 2 rings (SSSR count). The quantitative estimate of drug-likeness (QED) is 0.870. The zero-order valence-electron chi connectivity index (χ0n) is 8.12. The van der Waals surface area contributed by atoms with Crippen molar-refractivity contribution < 1.29 is 13.2 Å². The molecule has 1 heterocycles. The number of nitrogen functional groups attached to an aromatic ring is 1. The molecule has 90 valence electrons. The summed E-state index contributed by atoms with van der Waals surface area (Å²) >= 11 is 6.63. The van der Waals surface area contributed by atoms with E-state index in [4.69, 9.17) is 17.3 Å². The lowest BCUT2D eigenvalue weighted by Gasteiger charge is -2.11. The normalized spacial score (nSPS) is 11.8. The smallest absolute Gasteiger partial charge is 0.374 e. The van der Waals surface area contributed by atoms with E-state index in [0.717, 1.165) is 17.4 Å². The molecule has 0 atom stereocenters. The summed E-state index contributed by atoms with van der Waals surface area (Å²) in [4.78, 5) is 0. The van der Waals surface area contributed by atoms with Gasteiger partial charge in [-0.25, -0.2) is 0 Å². The Bertz CT molecular complexity index is 553. The van der Waals surface area contributed by atoms with Gasteiger partial charge in [-0.2, -0.15) is 13.2 Å². The molecule has 0 radical (unpaired) electrons. The first-order valence-electron chi connectivity index (χ1n) is 4.34. The van der Waals surface area contributed by atoms with E-state index >= 15 is 0 Å². The fourth-order valence-electron chi connectivity index (χ4n) is 1.31. The minimum Gasteiger partial charge on any atom is -0.374 e. The highest BCUT2D eigenvalue weighted by molar-refractivity contribution is 7.18. The van der Waals surface area contributed by atoms with Crippen LogP contribution in [-0.4, -0.2) is 10.2 Å². The minimum atomic E-state index is -4.50. The zero-order chi connectivity index (χ0) is 12.6. The summed E-state index contributed by atoms with van der Waals surface area (Å²) in [6, 6.07) is 3.54. The van der Waals surface area contributed by atoms with E-state index in [0.29, 0.717) is 0 Å². The second-order valence-electron chi connectivity index (χ2n) is 3.11. The van der Waals surface area contributed by atoms with Crippen LogP contribution in [0.4, 0.5) is 18.3 Å². The van der Waals surface area contributed by atoms with Gasteiger partial charge < -0.3 is 5.73 Å². The summed E-state index contributed by atoms with van der Waals surface area (Å²) in [7, 11) is 0. The molecule has 0 saturated carbocycles. The Morgan fingerprint density at radius 2 is 1.94 bits per heavy atom. The number of halogens is 4. The molecule has 0 aliphatic carbocycles. The molecule has 1 aromatic heterocycles. The second kappa shape index (κ2) is 4.15. The van der Waals surface area contributed by atoms with Gasteiger partial charge in [0.25, 0.3) is 0 Å². The van der Waals surface area contributed by atoms with Crippen LogP contribution >= 0.6 is 22.9 Å². The molecule has 0 saturated heterocycles. The van der Waals surface area contributed by atoms with Gasteiger partial charge in [-0.05, 0) is 12.1 Å². The summed E-state index contributed by atoms with van der Waals surface area (Å²) in [5, 5.41) is 7.17. The van der Waals surface area contributed by atoms with Crippen molar-refractivity contribution in [1.82, 2.24) is 10.2 Å². The number of hydrogen-bond donors (Lipinski definition) is 1. The summed E-state index contributed by atoms with van der Waals surface area (Å²) in [5.41, 5.74) is 4.32. The standard InChI is InChI=1S/C9H5ClF3N3S/c10-5-3-1-2-4(9(11,12)13)6(5)7-15-16-8(14)17-7/h1-3H,(H2,14,16). The maximum absolute atomic E-state index is 12.8. The Labute approximate surface area is 103 Å². The highest BCUT2D eigenvalue weighted by atomic mass is 35.5. The first kappa shape index (κ1) is 12.1. The van der Waals surface area contributed by atoms with Crippen LogP contribution in [0.15, 0.2) is 18.2 Å². The van der Waals surface area contributed by atoms with E-state index in [1.807, 2.05) is 0 Å². The lowest BCUT2D eigenvalue weighted by Crippen LogP contribution is -2.07. The number of benzene rings is 1. The Morgan fingerprint density at radius 3 is 2.47 bits per heavy atom. The predicted octanol–water partition coefficient (Wildman–Crippen LogP) is 3.46. The molecular formula is C9H5ClF3N3S. The van der Waals surface area contributed by atoms with Gasteiger partial charge in [0.1, 0.15) is 0 Å². The summed E-state index contributed by atoms with van der Waals surface area (Å²) in [5.74, 6) is 0. The van der Waals surface area contributed by atoms with Crippen LogP contribution < -0.4 is 5.73 Å². The second-order valence-corrected chi connectivity index (χ2v) is 4.52. The number of hydrogen-bond acceptors (Lipinski definition) is 4. The van der Waals surface area contributed by atoms with Crippen molar-refractivity contribution in [2.24, 2.45) is 0 Å². The van der Waals surface area contributed by atoms with Crippen LogP contribution in [0, 0.1) is 0 Å². The summed E-state index contributed by atoms with van der Waals surface area (Å²) in [6.45, 7) is 0. The van der Waals surface area contributed by atoms with Crippen LogP contribution in [0.2, 0.25) is 5.02 Å². The SMILES string of the molecule is Nc1nnc(-c2c(Cl)cccc2C(F)(F)F)s1.